The van der Waals surface area contributed by atoms with E-state index in [0.29, 0.717) is 28.8 Å². The van der Waals surface area contributed by atoms with Crippen LogP contribution in [-0.4, -0.2) is 11.5 Å². The molecule has 1 aromatic carbocycles. The minimum Gasteiger partial charge on any atom is -0.268 e. The summed E-state index contributed by atoms with van der Waals surface area (Å²) >= 11 is 11.9. The number of benzene rings is 1. The van der Waals surface area contributed by atoms with Crippen LogP contribution >= 0.6 is 23.2 Å². The van der Waals surface area contributed by atoms with Crippen LogP contribution < -0.4 is 10.3 Å². The Morgan fingerprint density at radius 2 is 2.10 bits per heavy atom. The molecule has 0 unspecified atom stereocenters. The van der Waals surface area contributed by atoms with Gasteiger partial charge in [0.15, 0.2) is 0 Å². The van der Waals surface area contributed by atoms with Gasteiger partial charge in [0.1, 0.15) is 0 Å². The smallest absolute Gasteiger partial charge is 0.268 e. The molecule has 0 fully saturated rings. The van der Waals surface area contributed by atoms with Crippen molar-refractivity contribution in [2.24, 2.45) is 0 Å². The van der Waals surface area contributed by atoms with Crippen molar-refractivity contribution in [3.05, 3.63) is 62.3 Å². The summed E-state index contributed by atoms with van der Waals surface area (Å²) in [5.41, 5.74) is 0.942. The van der Waals surface area contributed by atoms with Crippen LogP contribution in [0.15, 0.2) is 36.5 Å². The number of H-pyrrole nitrogens is 1. The van der Waals surface area contributed by atoms with Crippen molar-refractivity contribution >= 4 is 34.7 Å². The lowest BCUT2D eigenvalue weighted by Gasteiger charge is -2.03. The Hall–Kier alpha value is -1.85. The molecule has 7 heteroatoms. The Bertz CT molecular complexity index is 635. The van der Waals surface area contributed by atoms with E-state index in [1.165, 1.54) is 6.07 Å². The van der Waals surface area contributed by atoms with E-state index in [2.05, 4.69) is 10.3 Å². The van der Waals surface area contributed by atoms with Crippen molar-refractivity contribution in [1.29, 1.82) is 0 Å². The molecule has 0 spiro atoms. The summed E-state index contributed by atoms with van der Waals surface area (Å²) in [5.74, 6) is 0.377. The molecule has 0 saturated heterocycles. The molecular weight excluding hydrogens is 301 g/mol. The van der Waals surface area contributed by atoms with Gasteiger partial charge in [-0.3, -0.25) is 15.4 Å². The Morgan fingerprint density at radius 1 is 1.30 bits per heavy atom. The zero-order chi connectivity index (χ0) is 14.5. The quantitative estimate of drug-likeness (QED) is 0.679. The molecule has 1 aromatic heterocycles. The van der Waals surface area contributed by atoms with E-state index in [-0.39, 0.29) is 5.69 Å². The van der Waals surface area contributed by atoms with Crippen LogP contribution in [0, 0.1) is 10.1 Å². The number of pyridine rings is 1. The fraction of sp³-hybridized carbons (Fsp3) is 0.154. The summed E-state index contributed by atoms with van der Waals surface area (Å²) in [4.78, 5) is 13.2. The predicted octanol–water partition coefficient (Wildman–Crippen LogP) is 3.37. The molecule has 2 rings (SSSR count). The van der Waals surface area contributed by atoms with Crippen LogP contribution in [0.25, 0.3) is 0 Å². The maximum absolute atomic E-state index is 10.9. The van der Waals surface area contributed by atoms with Gasteiger partial charge in [0.05, 0.1) is 17.7 Å². The maximum atomic E-state index is 10.9. The number of anilines is 1. The first kappa shape index (κ1) is 14.6. The molecule has 20 heavy (non-hydrogen) atoms. The minimum absolute atomic E-state index is 0.00898. The van der Waals surface area contributed by atoms with Crippen LogP contribution in [0.5, 0.6) is 0 Å². The molecule has 0 aliphatic rings. The molecule has 2 aromatic rings. The minimum atomic E-state index is -0.436. The molecule has 0 amide bonds. The summed E-state index contributed by atoms with van der Waals surface area (Å²) < 4.78 is 0. The van der Waals surface area contributed by atoms with Gasteiger partial charge in [-0.25, -0.2) is 4.98 Å². The Morgan fingerprint density at radius 3 is 2.80 bits per heavy atom. The van der Waals surface area contributed by atoms with Gasteiger partial charge in [0.25, 0.3) is 0 Å². The van der Waals surface area contributed by atoms with Gasteiger partial charge in [-0.2, -0.15) is 0 Å². The van der Waals surface area contributed by atoms with Gasteiger partial charge in [0, 0.05) is 22.5 Å². The third-order valence-electron chi connectivity index (χ3n) is 2.74. The fourth-order valence-electron chi connectivity index (χ4n) is 1.77. The van der Waals surface area contributed by atoms with Gasteiger partial charge >= 0.3 is 11.5 Å². The number of hydrogen-bond donors (Lipinski definition) is 1. The number of nitrogens with zero attached hydrogens (tertiary/aromatic N) is 1. The van der Waals surface area contributed by atoms with Crippen molar-refractivity contribution in [2.45, 2.75) is 6.42 Å². The third-order valence-corrected chi connectivity index (χ3v) is 3.33. The monoisotopic (exact) mass is 312 g/mol. The van der Waals surface area contributed by atoms with E-state index < -0.39 is 4.92 Å². The summed E-state index contributed by atoms with van der Waals surface area (Å²) in [6.45, 7) is 0.517. The first-order chi connectivity index (χ1) is 9.58. The lowest BCUT2D eigenvalue weighted by atomic mass is 10.1. The SMILES string of the molecule is O=[N+]([O-])c1ccc[nH+]c1NCCc1ccc(Cl)cc1Cl. The number of rotatable bonds is 5. The van der Waals surface area contributed by atoms with Crippen molar-refractivity contribution in [3.63, 3.8) is 0 Å². The zero-order valence-corrected chi connectivity index (χ0v) is 11.9. The van der Waals surface area contributed by atoms with E-state index in [4.69, 9.17) is 23.2 Å². The first-order valence-electron chi connectivity index (χ1n) is 5.91. The summed E-state index contributed by atoms with van der Waals surface area (Å²) in [7, 11) is 0. The number of nitrogens with one attached hydrogen (secondary N) is 2. The van der Waals surface area contributed by atoms with Crippen LogP contribution in [-0.2, 0) is 6.42 Å². The lowest BCUT2D eigenvalue weighted by molar-refractivity contribution is -0.409. The molecule has 0 aliphatic carbocycles. The van der Waals surface area contributed by atoms with E-state index in [1.807, 2.05) is 6.07 Å². The van der Waals surface area contributed by atoms with Gasteiger partial charge < -0.3 is 0 Å². The van der Waals surface area contributed by atoms with E-state index in [1.54, 1.807) is 24.4 Å². The average molecular weight is 313 g/mol. The number of aromatic amines is 1. The highest BCUT2D eigenvalue weighted by molar-refractivity contribution is 6.35. The molecule has 0 radical (unpaired) electrons. The Labute approximate surface area is 125 Å². The summed E-state index contributed by atoms with van der Waals surface area (Å²) in [6, 6.07) is 8.30. The number of halogens is 2. The third kappa shape index (κ3) is 3.59. The number of nitro groups is 1. The molecule has 104 valence electrons. The molecule has 0 aliphatic heterocycles. The van der Waals surface area contributed by atoms with Crippen LogP contribution in [0.3, 0.4) is 0 Å². The topological polar surface area (TPSA) is 69.3 Å². The van der Waals surface area contributed by atoms with E-state index in [0.717, 1.165) is 5.56 Å². The molecule has 0 atom stereocenters. The molecule has 0 saturated carbocycles. The fourth-order valence-corrected chi connectivity index (χ4v) is 2.27. The number of aromatic nitrogens is 1. The van der Waals surface area contributed by atoms with E-state index >= 15 is 0 Å². The lowest BCUT2D eigenvalue weighted by Crippen LogP contribution is -2.16. The molecule has 1 heterocycles. The number of hydrogen-bond acceptors (Lipinski definition) is 3. The van der Waals surface area contributed by atoms with Crippen LogP contribution in [0.2, 0.25) is 10.0 Å². The second kappa shape index (κ2) is 6.54. The largest absolute Gasteiger partial charge is 0.357 e. The second-order valence-electron chi connectivity index (χ2n) is 4.10. The highest BCUT2D eigenvalue weighted by atomic mass is 35.5. The van der Waals surface area contributed by atoms with Gasteiger partial charge in [-0.15, -0.1) is 0 Å². The first-order valence-corrected chi connectivity index (χ1v) is 6.66. The van der Waals surface area contributed by atoms with Crippen molar-refractivity contribution in [3.8, 4) is 0 Å². The zero-order valence-electron chi connectivity index (χ0n) is 10.4. The summed E-state index contributed by atoms with van der Waals surface area (Å²) in [6.07, 6.45) is 2.26. The van der Waals surface area contributed by atoms with E-state index in [9.17, 15) is 10.1 Å². The van der Waals surface area contributed by atoms with Crippen molar-refractivity contribution in [1.82, 2.24) is 0 Å². The molecule has 5 nitrogen and oxygen atoms in total. The maximum Gasteiger partial charge on any atom is 0.357 e. The Balaban J connectivity index is 2.01. The highest BCUT2D eigenvalue weighted by Gasteiger charge is 2.19. The van der Waals surface area contributed by atoms with Gasteiger partial charge in [0.2, 0.25) is 0 Å². The normalized spacial score (nSPS) is 10.3. The predicted molar refractivity (Wildman–Crippen MR) is 78.3 cm³/mol. The van der Waals surface area contributed by atoms with Gasteiger partial charge in [-0.05, 0) is 23.8 Å². The second-order valence-corrected chi connectivity index (χ2v) is 4.94. The van der Waals surface area contributed by atoms with Crippen molar-refractivity contribution < 1.29 is 9.91 Å². The molecule has 2 N–H and O–H groups in total. The van der Waals surface area contributed by atoms with Crippen molar-refractivity contribution in [2.75, 3.05) is 11.9 Å². The molecule has 0 bridgehead atoms. The van der Waals surface area contributed by atoms with Crippen LogP contribution in [0.1, 0.15) is 5.56 Å². The molecular formula is C13H12Cl2N3O2+. The summed E-state index contributed by atoms with van der Waals surface area (Å²) in [5, 5.41) is 15.0. The average Bonchev–Trinajstić information content (AvgIpc) is 2.41. The Kier molecular flexibility index (Phi) is 4.76. The van der Waals surface area contributed by atoms with Gasteiger partial charge in [-0.1, -0.05) is 29.3 Å². The standard InChI is InChI=1S/C13H11Cl2N3O2/c14-10-4-3-9(11(15)8-10)5-7-17-13-12(18(19)20)2-1-6-16-13/h1-4,6,8H,5,7H2,(H,16,17)/p+1. The van der Waals surface area contributed by atoms with Crippen LogP contribution in [0.4, 0.5) is 11.5 Å². The highest BCUT2D eigenvalue weighted by Crippen LogP contribution is 2.22.